The van der Waals surface area contributed by atoms with Gasteiger partial charge < -0.3 is 63.2 Å². The number of Topliss-reactive ketones (excluding diaryl/α,β-unsaturated/α-hetero) is 1. The third-order valence-corrected chi connectivity index (χ3v) is 12.9. The molecule has 6 aliphatic rings. The van der Waals surface area contributed by atoms with Gasteiger partial charge in [-0.2, -0.15) is 0 Å². The molecule has 4 saturated heterocycles. The molecule has 0 radical (unpaired) electrons. The van der Waals surface area contributed by atoms with E-state index in [4.69, 9.17) is 37.9 Å². The van der Waals surface area contributed by atoms with Gasteiger partial charge in [-0.3, -0.25) is 19.2 Å². The summed E-state index contributed by atoms with van der Waals surface area (Å²) in [5.41, 5.74) is -3.51. The minimum Gasteiger partial charge on any atom is -0.507 e. The number of methoxy groups -OCH3 is 1. The molecule has 0 saturated carbocycles. The molecule has 0 spiro atoms. The first-order chi connectivity index (χ1) is 28.0. The standard InChI is InChI=1S/C42H51NO16/c1-8-42(51)15-27(30-19(34(42)40(50)52-7)11-20-31(36(30)48)37(49)33-23(45)10-9-22(44)32(33)35(20)47)57-28-12-21(43(5)6)38(17(3)53-28)58-29-14-25-39(18(4)54-29)59-41-26(56-25)13-24(46)16(2)55-41/h9-11,16-18,21,25-29,34,38-39,41,44-45,48,51H,8,12-15H2,1-7H3/t16?,17?,18?,21?,25?,26?,27-,28?,29?,34-,38?,39?,41?,42+/m0/s1. The molecule has 17 nitrogen and oxygen atoms in total. The molecule has 2 aliphatic carbocycles. The summed E-state index contributed by atoms with van der Waals surface area (Å²) in [6, 6.07) is 3.08. The molecule has 4 fully saturated rings. The maximum atomic E-state index is 14.0. The molecule has 59 heavy (non-hydrogen) atoms. The second-order valence-corrected chi connectivity index (χ2v) is 16.7. The first-order valence-corrected chi connectivity index (χ1v) is 20.1. The van der Waals surface area contributed by atoms with E-state index in [1.54, 1.807) is 13.8 Å². The van der Waals surface area contributed by atoms with Crippen LogP contribution in [-0.4, -0.2) is 143 Å². The van der Waals surface area contributed by atoms with Gasteiger partial charge in [0, 0.05) is 42.9 Å². The predicted molar refractivity (Wildman–Crippen MR) is 201 cm³/mol. The van der Waals surface area contributed by atoms with Crippen molar-refractivity contribution in [3.8, 4) is 17.2 Å². The number of aliphatic hydroxyl groups is 1. The van der Waals surface area contributed by atoms with Crippen LogP contribution in [0.3, 0.4) is 0 Å². The molecule has 0 bridgehead atoms. The number of phenolic OH excluding ortho intramolecular Hbond substituents is 3. The summed E-state index contributed by atoms with van der Waals surface area (Å²) in [7, 11) is 4.92. The number of nitrogens with zero attached hydrogens (tertiary/aromatic N) is 1. The molecule has 0 amide bonds. The van der Waals surface area contributed by atoms with Crippen molar-refractivity contribution in [2.45, 2.75) is 145 Å². The highest BCUT2D eigenvalue weighted by Gasteiger charge is 2.55. The number of phenols is 3. The van der Waals surface area contributed by atoms with Gasteiger partial charge in [-0.1, -0.05) is 6.92 Å². The average Bonchev–Trinajstić information content (AvgIpc) is 3.18. The molecule has 4 N–H and O–H groups in total. The molecule has 4 aliphatic heterocycles. The van der Waals surface area contributed by atoms with E-state index in [9.17, 15) is 39.6 Å². The van der Waals surface area contributed by atoms with Crippen LogP contribution in [0.25, 0.3) is 0 Å². The second kappa shape index (κ2) is 15.5. The minimum atomic E-state index is -1.80. The number of esters is 1. The molecule has 2 aromatic carbocycles. The van der Waals surface area contributed by atoms with Crippen LogP contribution in [0.5, 0.6) is 17.2 Å². The molecular formula is C42H51NO16. The highest BCUT2D eigenvalue weighted by Crippen LogP contribution is 2.54. The van der Waals surface area contributed by atoms with Crippen LogP contribution in [0.15, 0.2) is 18.2 Å². The van der Waals surface area contributed by atoms with Crippen molar-refractivity contribution < 1.29 is 77.5 Å². The van der Waals surface area contributed by atoms with Crippen LogP contribution in [0.4, 0.5) is 0 Å². The summed E-state index contributed by atoms with van der Waals surface area (Å²) < 4.78 is 49.5. The number of aromatic hydroxyl groups is 3. The van der Waals surface area contributed by atoms with Gasteiger partial charge in [0.15, 0.2) is 30.4 Å². The normalized spacial score (nSPS) is 37.8. The summed E-state index contributed by atoms with van der Waals surface area (Å²) in [6.07, 6.45) is -6.48. The molecular weight excluding hydrogens is 774 g/mol. The zero-order valence-electron chi connectivity index (χ0n) is 33.9. The number of carbonyl (C=O) groups excluding carboxylic acids is 4. The van der Waals surface area contributed by atoms with Gasteiger partial charge in [-0.25, -0.2) is 0 Å². The maximum Gasteiger partial charge on any atom is 0.316 e. The summed E-state index contributed by atoms with van der Waals surface area (Å²) in [4.78, 5) is 55.7. The van der Waals surface area contributed by atoms with Gasteiger partial charge >= 0.3 is 5.97 Å². The molecule has 320 valence electrons. The van der Waals surface area contributed by atoms with E-state index in [0.717, 1.165) is 19.2 Å². The Morgan fingerprint density at radius 1 is 0.864 bits per heavy atom. The molecule has 2 aromatic rings. The second-order valence-electron chi connectivity index (χ2n) is 16.7. The summed E-state index contributed by atoms with van der Waals surface area (Å²) in [6.45, 7) is 7.07. The van der Waals surface area contributed by atoms with E-state index in [1.807, 2.05) is 32.8 Å². The highest BCUT2D eigenvalue weighted by atomic mass is 16.8. The maximum absolute atomic E-state index is 14.0. The lowest BCUT2D eigenvalue weighted by Crippen LogP contribution is -2.62. The summed E-state index contributed by atoms with van der Waals surface area (Å²) in [5, 5.41) is 45.4. The lowest BCUT2D eigenvalue weighted by Gasteiger charge is -2.51. The molecule has 17 heteroatoms. The predicted octanol–water partition coefficient (Wildman–Crippen LogP) is 2.88. The number of carbonyl (C=O) groups is 4. The van der Waals surface area contributed by atoms with Crippen molar-refractivity contribution in [1.82, 2.24) is 4.90 Å². The number of likely N-dealkylation sites (N-methyl/N-ethyl adjacent to an activating group) is 1. The van der Waals surface area contributed by atoms with Crippen molar-refractivity contribution in [2.75, 3.05) is 21.2 Å². The van der Waals surface area contributed by atoms with E-state index in [0.29, 0.717) is 6.42 Å². The van der Waals surface area contributed by atoms with Gasteiger partial charge in [0.2, 0.25) is 5.78 Å². The molecule has 8 rings (SSSR count). The lowest BCUT2D eigenvalue weighted by atomic mass is 9.67. The first-order valence-electron chi connectivity index (χ1n) is 20.1. The Balaban J connectivity index is 1.07. The van der Waals surface area contributed by atoms with Gasteiger partial charge in [-0.15, -0.1) is 0 Å². The number of ether oxygens (including phenoxy) is 8. The number of rotatable bonds is 7. The first kappa shape index (κ1) is 41.7. The zero-order chi connectivity index (χ0) is 42.4. The van der Waals surface area contributed by atoms with Crippen molar-refractivity contribution in [3.63, 3.8) is 0 Å². The fraction of sp³-hybridized carbons (Fsp3) is 0.619. The van der Waals surface area contributed by atoms with Gasteiger partial charge in [0.1, 0.15) is 47.6 Å². The number of benzene rings is 2. The number of fused-ring (bicyclic) bond motifs is 5. The van der Waals surface area contributed by atoms with Crippen molar-refractivity contribution in [1.29, 1.82) is 0 Å². The fourth-order valence-electron chi connectivity index (χ4n) is 9.77. The molecule has 11 unspecified atom stereocenters. The van der Waals surface area contributed by atoms with E-state index >= 15 is 0 Å². The monoisotopic (exact) mass is 825 g/mol. The van der Waals surface area contributed by atoms with Crippen LogP contribution >= 0.6 is 0 Å². The molecule has 14 atom stereocenters. The summed E-state index contributed by atoms with van der Waals surface area (Å²) in [5.74, 6) is -5.88. The highest BCUT2D eigenvalue weighted by molar-refractivity contribution is 6.31. The lowest BCUT2D eigenvalue weighted by molar-refractivity contribution is -0.371. The van der Waals surface area contributed by atoms with Crippen molar-refractivity contribution in [2.24, 2.45) is 0 Å². The largest absolute Gasteiger partial charge is 0.507 e. The van der Waals surface area contributed by atoms with E-state index in [-0.39, 0.29) is 54.2 Å². The SMILES string of the molecule is CC[C@@]1(O)C[C@H](OC2CC(N(C)C)C(OC3CC4OC5CC(=O)C(C)OC5OC4C(C)O3)C(C)O2)c2c(cc3c(c2O)C(=O)c2c(O)ccc(O)c2C3=O)[C@H]1C(=O)OC. The van der Waals surface area contributed by atoms with Crippen LogP contribution in [0.1, 0.15) is 115 Å². The zero-order valence-corrected chi connectivity index (χ0v) is 33.9. The Kier molecular flexibility index (Phi) is 10.9. The Morgan fingerprint density at radius 2 is 1.53 bits per heavy atom. The van der Waals surface area contributed by atoms with Crippen molar-refractivity contribution >= 4 is 23.3 Å². The minimum absolute atomic E-state index is 0.00735. The Labute approximate surface area is 340 Å². The van der Waals surface area contributed by atoms with Crippen molar-refractivity contribution in [3.05, 3.63) is 51.6 Å². The fourth-order valence-corrected chi connectivity index (χ4v) is 9.77. The Hall–Kier alpha value is -4.04. The summed E-state index contributed by atoms with van der Waals surface area (Å²) >= 11 is 0. The van der Waals surface area contributed by atoms with Crippen LogP contribution in [0, 0.1) is 0 Å². The van der Waals surface area contributed by atoms with Gasteiger partial charge in [-0.05, 0) is 65.0 Å². The Morgan fingerprint density at radius 3 is 2.19 bits per heavy atom. The molecule has 0 aromatic heterocycles. The van der Waals surface area contributed by atoms with E-state index in [1.165, 1.54) is 6.07 Å². The van der Waals surface area contributed by atoms with E-state index in [2.05, 4.69) is 0 Å². The Bertz CT molecular complexity index is 2050. The van der Waals surface area contributed by atoms with Crippen LogP contribution in [0.2, 0.25) is 0 Å². The van der Waals surface area contributed by atoms with Crippen LogP contribution in [-0.2, 0) is 47.5 Å². The quantitative estimate of drug-likeness (QED) is 0.198. The topological polar surface area (TPSA) is 226 Å². The van der Waals surface area contributed by atoms with Crippen LogP contribution < -0.4 is 0 Å². The third kappa shape index (κ3) is 6.93. The van der Waals surface area contributed by atoms with Gasteiger partial charge in [0.05, 0.1) is 53.8 Å². The number of hydrogen-bond acceptors (Lipinski definition) is 17. The number of hydrogen-bond donors (Lipinski definition) is 4. The third-order valence-electron chi connectivity index (χ3n) is 12.9. The smallest absolute Gasteiger partial charge is 0.316 e. The molecule has 4 heterocycles. The average molecular weight is 826 g/mol. The van der Waals surface area contributed by atoms with Gasteiger partial charge in [0.25, 0.3) is 0 Å². The van der Waals surface area contributed by atoms with E-state index < -0.39 is 131 Å². The number of ketones is 3.